The Bertz CT molecular complexity index is 337. The average molecular weight is 223 g/mol. The molecule has 1 aromatic rings. The first kappa shape index (κ1) is 11.1. The van der Waals surface area contributed by atoms with Crippen LogP contribution in [-0.4, -0.2) is 33.9 Å². The first-order valence-electron chi connectivity index (χ1n) is 5.68. The molecule has 1 aliphatic carbocycles. The molecule has 16 heavy (non-hydrogen) atoms. The Balaban J connectivity index is 1.83. The van der Waals surface area contributed by atoms with Crippen LogP contribution in [-0.2, 0) is 11.2 Å². The van der Waals surface area contributed by atoms with Crippen molar-refractivity contribution >= 4 is 5.91 Å². The van der Waals surface area contributed by atoms with E-state index in [0.29, 0.717) is 6.42 Å². The van der Waals surface area contributed by atoms with Crippen molar-refractivity contribution in [1.82, 2.24) is 15.5 Å². The molecule has 0 radical (unpaired) electrons. The van der Waals surface area contributed by atoms with Crippen molar-refractivity contribution < 1.29 is 9.90 Å². The van der Waals surface area contributed by atoms with E-state index < -0.39 is 0 Å². The number of aromatic amines is 1. The lowest BCUT2D eigenvalue weighted by Gasteiger charge is -2.18. The number of amides is 1. The summed E-state index contributed by atoms with van der Waals surface area (Å²) in [4.78, 5) is 11.7. The second kappa shape index (κ2) is 5.12. The quantitative estimate of drug-likeness (QED) is 0.683. The molecule has 2 rings (SSSR count). The Kier molecular flexibility index (Phi) is 3.56. The number of aliphatic hydroxyl groups is 1. The zero-order valence-electron chi connectivity index (χ0n) is 9.15. The molecular weight excluding hydrogens is 206 g/mol. The monoisotopic (exact) mass is 223 g/mol. The minimum absolute atomic E-state index is 0.00500. The molecule has 0 saturated heterocycles. The van der Waals surface area contributed by atoms with E-state index in [0.717, 1.165) is 25.0 Å². The van der Waals surface area contributed by atoms with Crippen molar-refractivity contribution in [1.29, 1.82) is 0 Å². The third-order valence-electron chi connectivity index (χ3n) is 3.15. The number of carbonyl (C=O) groups is 1. The normalized spacial score (nSPS) is 24.6. The first-order valence-corrected chi connectivity index (χ1v) is 5.68. The van der Waals surface area contributed by atoms with Gasteiger partial charge in [0.15, 0.2) is 0 Å². The number of aromatic nitrogens is 2. The number of aliphatic hydroxyl groups excluding tert-OH is 1. The van der Waals surface area contributed by atoms with Crippen molar-refractivity contribution in [2.24, 2.45) is 5.92 Å². The smallest absolute Gasteiger partial charge is 0.226 e. The molecule has 5 nitrogen and oxygen atoms in total. The molecule has 1 saturated carbocycles. The molecule has 0 bridgehead atoms. The summed E-state index contributed by atoms with van der Waals surface area (Å²) in [7, 11) is 0. The van der Waals surface area contributed by atoms with Crippen molar-refractivity contribution in [2.75, 3.05) is 6.61 Å². The van der Waals surface area contributed by atoms with E-state index in [1.807, 2.05) is 0 Å². The molecule has 1 fully saturated rings. The maximum Gasteiger partial charge on any atom is 0.226 e. The van der Waals surface area contributed by atoms with Crippen LogP contribution in [0.3, 0.4) is 0 Å². The maximum absolute atomic E-state index is 11.7. The van der Waals surface area contributed by atoms with Crippen LogP contribution in [0.1, 0.15) is 25.0 Å². The minimum Gasteiger partial charge on any atom is -0.396 e. The number of hydrogen-bond acceptors (Lipinski definition) is 3. The van der Waals surface area contributed by atoms with Crippen LogP contribution in [0, 0.1) is 5.92 Å². The molecule has 1 heterocycles. The molecule has 1 aromatic heterocycles. The standard InChI is InChI=1S/C11H17N3O2/c15-7-8-2-1-3-10(8)13-11(16)6-9-4-5-12-14-9/h4-5,8,10,15H,1-3,6-7H2,(H,12,14)(H,13,16). The summed E-state index contributed by atoms with van der Waals surface area (Å²) in [5, 5.41) is 18.7. The van der Waals surface area contributed by atoms with E-state index in [2.05, 4.69) is 15.5 Å². The predicted octanol–water partition coefficient (Wildman–Crippen LogP) is 0.229. The summed E-state index contributed by atoms with van der Waals surface area (Å²) in [6, 6.07) is 1.93. The van der Waals surface area contributed by atoms with Crippen LogP contribution in [0.4, 0.5) is 0 Å². The first-order chi connectivity index (χ1) is 7.79. The number of rotatable bonds is 4. The molecule has 2 unspecified atom stereocenters. The van der Waals surface area contributed by atoms with Gasteiger partial charge in [-0.15, -0.1) is 0 Å². The molecular formula is C11H17N3O2. The number of H-pyrrole nitrogens is 1. The molecule has 0 spiro atoms. The van der Waals surface area contributed by atoms with Crippen LogP contribution >= 0.6 is 0 Å². The number of nitrogens with one attached hydrogen (secondary N) is 2. The van der Waals surface area contributed by atoms with Crippen molar-refractivity contribution in [3.05, 3.63) is 18.0 Å². The lowest BCUT2D eigenvalue weighted by molar-refractivity contribution is -0.121. The van der Waals surface area contributed by atoms with Gasteiger partial charge in [-0.1, -0.05) is 6.42 Å². The van der Waals surface area contributed by atoms with E-state index >= 15 is 0 Å². The topological polar surface area (TPSA) is 78.0 Å². The van der Waals surface area contributed by atoms with Gasteiger partial charge in [0.1, 0.15) is 0 Å². The largest absolute Gasteiger partial charge is 0.396 e. The van der Waals surface area contributed by atoms with Crippen molar-refractivity contribution in [2.45, 2.75) is 31.7 Å². The van der Waals surface area contributed by atoms with Crippen LogP contribution in [0.15, 0.2) is 12.3 Å². The van der Waals surface area contributed by atoms with Gasteiger partial charge in [0.2, 0.25) is 5.91 Å². The Hall–Kier alpha value is -1.36. The molecule has 3 N–H and O–H groups in total. The molecule has 2 atom stereocenters. The van der Waals surface area contributed by atoms with E-state index in [1.54, 1.807) is 12.3 Å². The van der Waals surface area contributed by atoms with E-state index in [9.17, 15) is 4.79 Å². The van der Waals surface area contributed by atoms with Crippen LogP contribution < -0.4 is 5.32 Å². The highest BCUT2D eigenvalue weighted by atomic mass is 16.3. The Morgan fingerprint density at radius 1 is 1.62 bits per heavy atom. The van der Waals surface area contributed by atoms with Crippen LogP contribution in [0.5, 0.6) is 0 Å². The lowest BCUT2D eigenvalue weighted by atomic mass is 10.0. The third-order valence-corrected chi connectivity index (χ3v) is 3.15. The van der Waals surface area contributed by atoms with Crippen molar-refractivity contribution in [3.8, 4) is 0 Å². The minimum atomic E-state index is -0.00500. The molecule has 88 valence electrons. The second-order valence-electron chi connectivity index (χ2n) is 4.31. The average Bonchev–Trinajstić information content (AvgIpc) is 2.88. The maximum atomic E-state index is 11.7. The van der Waals surface area contributed by atoms with E-state index in [1.165, 1.54) is 0 Å². The third kappa shape index (κ3) is 2.61. The van der Waals surface area contributed by atoms with Crippen LogP contribution in [0.2, 0.25) is 0 Å². The summed E-state index contributed by atoms with van der Waals surface area (Å²) in [6.07, 6.45) is 5.02. The van der Waals surface area contributed by atoms with Gasteiger partial charge in [-0.25, -0.2) is 0 Å². The van der Waals surface area contributed by atoms with Gasteiger partial charge in [0.05, 0.1) is 6.42 Å². The Labute approximate surface area is 94.2 Å². The van der Waals surface area contributed by atoms with Gasteiger partial charge in [-0.05, 0) is 18.9 Å². The zero-order valence-corrected chi connectivity index (χ0v) is 9.15. The Morgan fingerprint density at radius 3 is 3.19 bits per heavy atom. The molecule has 0 aliphatic heterocycles. The fourth-order valence-corrected chi connectivity index (χ4v) is 2.26. The molecule has 5 heteroatoms. The summed E-state index contributed by atoms with van der Waals surface area (Å²) >= 11 is 0. The highest BCUT2D eigenvalue weighted by Gasteiger charge is 2.27. The Morgan fingerprint density at radius 2 is 2.50 bits per heavy atom. The van der Waals surface area contributed by atoms with Gasteiger partial charge in [0.25, 0.3) is 0 Å². The van der Waals surface area contributed by atoms with E-state index in [4.69, 9.17) is 5.11 Å². The number of nitrogens with zero attached hydrogens (tertiary/aromatic N) is 1. The SMILES string of the molecule is O=C(Cc1ccn[nH]1)NC1CCCC1CO. The molecule has 1 amide bonds. The summed E-state index contributed by atoms with van der Waals surface area (Å²) < 4.78 is 0. The molecule has 1 aliphatic rings. The summed E-state index contributed by atoms with van der Waals surface area (Å²) in [5.41, 5.74) is 0.816. The fraction of sp³-hybridized carbons (Fsp3) is 0.636. The lowest BCUT2D eigenvalue weighted by Crippen LogP contribution is -2.39. The van der Waals surface area contributed by atoms with Gasteiger partial charge in [0, 0.05) is 30.5 Å². The van der Waals surface area contributed by atoms with E-state index in [-0.39, 0.29) is 24.5 Å². The van der Waals surface area contributed by atoms with Gasteiger partial charge < -0.3 is 10.4 Å². The summed E-state index contributed by atoms with van der Waals surface area (Å²) in [5.74, 6) is 0.223. The predicted molar refractivity (Wildman–Crippen MR) is 58.6 cm³/mol. The fourth-order valence-electron chi connectivity index (χ4n) is 2.26. The van der Waals surface area contributed by atoms with Gasteiger partial charge >= 0.3 is 0 Å². The zero-order chi connectivity index (χ0) is 11.4. The highest BCUT2D eigenvalue weighted by molar-refractivity contribution is 5.78. The molecule has 0 aromatic carbocycles. The number of carbonyl (C=O) groups excluding carboxylic acids is 1. The highest BCUT2D eigenvalue weighted by Crippen LogP contribution is 2.24. The van der Waals surface area contributed by atoms with Crippen molar-refractivity contribution in [3.63, 3.8) is 0 Å². The second-order valence-corrected chi connectivity index (χ2v) is 4.31. The van der Waals surface area contributed by atoms with Crippen LogP contribution in [0.25, 0.3) is 0 Å². The number of hydrogen-bond donors (Lipinski definition) is 3. The summed E-state index contributed by atoms with van der Waals surface area (Å²) in [6.45, 7) is 0.162. The van der Waals surface area contributed by atoms with Gasteiger partial charge in [-0.3, -0.25) is 9.89 Å². The van der Waals surface area contributed by atoms with Gasteiger partial charge in [-0.2, -0.15) is 5.10 Å².